The fraction of sp³-hybridized carbons (Fsp3) is 0.455. The van der Waals surface area contributed by atoms with Gasteiger partial charge in [-0.3, -0.25) is 4.79 Å². The molecule has 0 saturated heterocycles. The van der Waals surface area contributed by atoms with Gasteiger partial charge in [-0.1, -0.05) is 6.92 Å². The summed E-state index contributed by atoms with van der Waals surface area (Å²) in [6, 6.07) is 2.06. The molecule has 0 aromatic carbocycles. The standard InChI is InChI=1S/C11H16N6OS/c1-3-12-8(2)6-13-11(18)10-9(4-5-19-10)17-7-14-15-16-17/h4-5,7-8,12H,3,6H2,1-2H3,(H,13,18)/t8-/m1/s1. The smallest absolute Gasteiger partial charge is 0.263 e. The summed E-state index contributed by atoms with van der Waals surface area (Å²) in [5, 5.41) is 18.9. The average Bonchev–Trinajstić information content (AvgIpc) is 3.05. The number of thiophene rings is 1. The molecule has 2 heterocycles. The number of tetrazole rings is 1. The highest BCUT2D eigenvalue weighted by molar-refractivity contribution is 7.12. The summed E-state index contributed by atoms with van der Waals surface area (Å²) in [4.78, 5) is 12.7. The molecule has 1 amide bonds. The molecule has 0 aliphatic carbocycles. The molecule has 0 aliphatic rings. The summed E-state index contributed by atoms with van der Waals surface area (Å²) in [7, 11) is 0. The first-order valence-electron chi connectivity index (χ1n) is 6.04. The summed E-state index contributed by atoms with van der Waals surface area (Å²) in [5.74, 6) is -0.106. The maximum absolute atomic E-state index is 12.1. The molecular weight excluding hydrogens is 264 g/mol. The average molecular weight is 280 g/mol. The van der Waals surface area contributed by atoms with Gasteiger partial charge in [0.1, 0.15) is 11.2 Å². The van der Waals surface area contributed by atoms with Crippen molar-refractivity contribution in [1.82, 2.24) is 30.8 Å². The molecule has 0 spiro atoms. The van der Waals surface area contributed by atoms with Crippen LogP contribution in [0.2, 0.25) is 0 Å². The van der Waals surface area contributed by atoms with Gasteiger partial charge >= 0.3 is 0 Å². The highest BCUT2D eigenvalue weighted by atomic mass is 32.1. The maximum atomic E-state index is 12.1. The highest BCUT2D eigenvalue weighted by Gasteiger charge is 2.15. The van der Waals surface area contributed by atoms with Gasteiger partial charge in [-0.25, -0.2) is 0 Å². The number of hydrogen-bond acceptors (Lipinski definition) is 6. The van der Waals surface area contributed by atoms with Crippen molar-refractivity contribution >= 4 is 17.2 Å². The molecule has 0 fully saturated rings. The zero-order chi connectivity index (χ0) is 13.7. The number of likely N-dealkylation sites (N-methyl/N-ethyl adjacent to an activating group) is 1. The number of carbonyl (C=O) groups excluding carboxylic acids is 1. The van der Waals surface area contributed by atoms with Gasteiger partial charge in [0.15, 0.2) is 0 Å². The first kappa shape index (κ1) is 13.6. The van der Waals surface area contributed by atoms with E-state index in [0.29, 0.717) is 17.1 Å². The Kier molecular flexibility index (Phi) is 4.58. The lowest BCUT2D eigenvalue weighted by atomic mass is 10.3. The van der Waals surface area contributed by atoms with Crippen LogP contribution in [0.1, 0.15) is 23.5 Å². The monoisotopic (exact) mass is 280 g/mol. The molecule has 0 radical (unpaired) electrons. The molecule has 0 aliphatic heterocycles. The molecule has 2 aromatic rings. The van der Waals surface area contributed by atoms with Crippen LogP contribution in [0, 0.1) is 0 Å². The molecule has 2 N–H and O–H groups in total. The van der Waals surface area contributed by atoms with Crippen molar-refractivity contribution in [2.24, 2.45) is 0 Å². The normalized spacial score (nSPS) is 12.3. The lowest BCUT2D eigenvalue weighted by molar-refractivity contribution is 0.0954. The van der Waals surface area contributed by atoms with E-state index < -0.39 is 0 Å². The van der Waals surface area contributed by atoms with Crippen molar-refractivity contribution in [3.63, 3.8) is 0 Å². The van der Waals surface area contributed by atoms with Crippen LogP contribution >= 0.6 is 11.3 Å². The highest BCUT2D eigenvalue weighted by Crippen LogP contribution is 2.19. The van der Waals surface area contributed by atoms with Crippen LogP contribution in [-0.4, -0.2) is 45.2 Å². The van der Waals surface area contributed by atoms with Crippen LogP contribution in [0.5, 0.6) is 0 Å². The third-order valence-corrected chi connectivity index (χ3v) is 3.47. The summed E-state index contributed by atoms with van der Waals surface area (Å²) in [5.41, 5.74) is 0.698. The fourth-order valence-corrected chi connectivity index (χ4v) is 2.47. The van der Waals surface area contributed by atoms with Crippen LogP contribution in [-0.2, 0) is 0 Å². The lowest BCUT2D eigenvalue weighted by Gasteiger charge is -2.13. The number of rotatable bonds is 6. The van der Waals surface area contributed by atoms with Crippen molar-refractivity contribution in [3.05, 3.63) is 22.7 Å². The van der Waals surface area contributed by atoms with Crippen molar-refractivity contribution in [2.45, 2.75) is 19.9 Å². The topological polar surface area (TPSA) is 84.7 Å². The number of nitrogens with one attached hydrogen (secondary N) is 2. The van der Waals surface area contributed by atoms with E-state index in [1.807, 2.05) is 25.3 Å². The van der Waals surface area contributed by atoms with Crippen molar-refractivity contribution in [1.29, 1.82) is 0 Å². The molecular formula is C11H16N6OS. The molecule has 1 atom stereocenters. The minimum atomic E-state index is -0.106. The predicted octanol–water partition coefficient (Wildman–Crippen LogP) is 0.452. The second-order valence-electron chi connectivity index (χ2n) is 4.06. The predicted molar refractivity (Wildman–Crippen MR) is 72.5 cm³/mol. The quantitative estimate of drug-likeness (QED) is 0.802. The second kappa shape index (κ2) is 6.39. The van der Waals surface area contributed by atoms with Crippen LogP contribution in [0.3, 0.4) is 0 Å². The molecule has 0 bridgehead atoms. The molecule has 8 heteroatoms. The Labute approximate surface area is 115 Å². The van der Waals surface area contributed by atoms with Crippen LogP contribution < -0.4 is 10.6 Å². The number of amides is 1. The van der Waals surface area contributed by atoms with Crippen molar-refractivity contribution < 1.29 is 4.79 Å². The zero-order valence-corrected chi connectivity index (χ0v) is 11.6. The fourth-order valence-electron chi connectivity index (χ4n) is 1.67. The van der Waals surface area contributed by atoms with E-state index in [1.54, 1.807) is 0 Å². The molecule has 7 nitrogen and oxygen atoms in total. The number of hydrogen-bond donors (Lipinski definition) is 2. The maximum Gasteiger partial charge on any atom is 0.263 e. The first-order chi connectivity index (χ1) is 9.22. The Hall–Kier alpha value is -1.80. The Morgan fingerprint density at radius 2 is 2.42 bits per heavy atom. The van der Waals surface area contributed by atoms with Gasteiger partial charge in [-0.15, -0.1) is 16.4 Å². The first-order valence-corrected chi connectivity index (χ1v) is 6.92. The lowest BCUT2D eigenvalue weighted by Crippen LogP contribution is -2.38. The summed E-state index contributed by atoms with van der Waals surface area (Å²) < 4.78 is 1.49. The minimum absolute atomic E-state index is 0.106. The zero-order valence-electron chi connectivity index (χ0n) is 10.8. The summed E-state index contributed by atoms with van der Waals surface area (Å²) in [6.45, 7) is 5.53. The van der Waals surface area contributed by atoms with Gasteiger partial charge in [-0.2, -0.15) is 4.68 Å². The third-order valence-electron chi connectivity index (χ3n) is 2.57. The van der Waals surface area contributed by atoms with E-state index in [1.165, 1.54) is 22.3 Å². The second-order valence-corrected chi connectivity index (χ2v) is 4.97. The van der Waals surface area contributed by atoms with Crippen molar-refractivity contribution in [3.8, 4) is 5.69 Å². The van der Waals surface area contributed by atoms with Gasteiger partial charge in [0.05, 0.1) is 5.69 Å². The Balaban J connectivity index is 2.02. The van der Waals surface area contributed by atoms with Gasteiger partial charge in [-0.05, 0) is 35.3 Å². The molecule has 102 valence electrons. The minimum Gasteiger partial charge on any atom is -0.350 e. The summed E-state index contributed by atoms with van der Waals surface area (Å²) in [6.07, 6.45) is 1.47. The summed E-state index contributed by atoms with van der Waals surface area (Å²) >= 11 is 1.37. The Bertz CT molecular complexity index is 523. The molecule has 2 rings (SSSR count). The SMILES string of the molecule is CCN[C@H](C)CNC(=O)c1sccc1-n1cnnn1. The number of aromatic nitrogens is 4. The Morgan fingerprint density at radius 1 is 1.58 bits per heavy atom. The molecule has 0 unspecified atom stereocenters. The van der Waals surface area contributed by atoms with E-state index >= 15 is 0 Å². The van der Waals surface area contributed by atoms with Crippen molar-refractivity contribution in [2.75, 3.05) is 13.1 Å². The van der Waals surface area contributed by atoms with Crippen LogP contribution in [0.15, 0.2) is 17.8 Å². The largest absolute Gasteiger partial charge is 0.350 e. The van der Waals surface area contributed by atoms with E-state index in [0.717, 1.165) is 6.54 Å². The molecule has 0 saturated carbocycles. The van der Waals surface area contributed by atoms with E-state index in [-0.39, 0.29) is 11.9 Å². The Morgan fingerprint density at radius 3 is 3.11 bits per heavy atom. The molecule has 19 heavy (non-hydrogen) atoms. The van der Waals surface area contributed by atoms with Crippen LogP contribution in [0.25, 0.3) is 5.69 Å². The van der Waals surface area contributed by atoms with Gasteiger partial charge in [0, 0.05) is 12.6 Å². The van der Waals surface area contributed by atoms with Gasteiger partial charge < -0.3 is 10.6 Å². The van der Waals surface area contributed by atoms with E-state index in [4.69, 9.17) is 0 Å². The van der Waals surface area contributed by atoms with E-state index in [9.17, 15) is 4.79 Å². The number of nitrogens with zero attached hydrogens (tertiary/aromatic N) is 4. The van der Waals surface area contributed by atoms with Gasteiger partial charge in [0.2, 0.25) is 0 Å². The van der Waals surface area contributed by atoms with Crippen LogP contribution in [0.4, 0.5) is 0 Å². The number of carbonyl (C=O) groups is 1. The van der Waals surface area contributed by atoms with E-state index in [2.05, 4.69) is 26.2 Å². The third kappa shape index (κ3) is 3.36. The van der Waals surface area contributed by atoms with Gasteiger partial charge in [0.25, 0.3) is 5.91 Å². The molecule has 2 aromatic heterocycles.